The van der Waals surface area contributed by atoms with Crippen molar-refractivity contribution in [3.05, 3.63) is 58.2 Å². The van der Waals surface area contributed by atoms with Gasteiger partial charge < -0.3 is 0 Å². The fraction of sp³-hybridized carbons (Fsp3) is 0.125. The van der Waals surface area contributed by atoms with Crippen LogP contribution in [-0.2, 0) is 7.05 Å². The fourth-order valence-corrected chi connectivity index (χ4v) is 2.63. The maximum Gasteiger partial charge on any atom is 0.116 e. The number of benzene rings is 1. The summed E-state index contributed by atoms with van der Waals surface area (Å²) in [4.78, 5) is 4.64. The van der Waals surface area contributed by atoms with E-state index in [-0.39, 0.29) is 0 Å². The lowest BCUT2D eigenvalue weighted by atomic mass is 10.1. The van der Waals surface area contributed by atoms with Crippen LogP contribution in [0.5, 0.6) is 0 Å². The summed E-state index contributed by atoms with van der Waals surface area (Å²) < 4.78 is 1.79. The van der Waals surface area contributed by atoms with Crippen LogP contribution in [0.4, 0.5) is 0 Å². The Labute approximate surface area is 122 Å². The van der Waals surface area contributed by atoms with Crippen molar-refractivity contribution in [2.45, 2.75) is 6.92 Å². The monoisotopic (exact) mass is 281 g/mol. The largest absolute Gasteiger partial charge is 0.275 e. The Morgan fingerprint density at radius 2 is 1.95 bits per heavy atom. The van der Waals surface area contributed by atoms with Gasteiger partial charge in [0.1, 0.15) is 5.01 Å². The van der Waals surface area contributed by atoms with Crippen LogP contribution >= 0.6 is 11.3 Å². The van der Waals surface area contributed by atoms with E-state index in [9.17, 15) is 0 Å². The van der Waals surface area contributed by atoms with Gasteiger partial charge >= 0.3 is 0 Å². The number of thiazole rings is 1. The van der Waals surface area contributed by atoms with Gasteiger partial charge in [-0.2, -0.15) is 5.10 Å². The summed E-state index contributed by atoms with van der Waals surface area (Å²) in [5, 5.41) is 7.23. The molecule has 0 unspecified atom stereocenters. The summed E-state index contributed by atoms with van der Waals surface area (Å²) >= 11 is 1.65. The summed E-state index contributed by atoms with van der Waals surface area (Å²) in [7, 11) is 1.91. The molecule has 0 bridgehead atoms. The van der Waals surface area contributed by atoms with Crippen molar-refractivity contribution in [1.82, 2.24) is 14.8 Å². The van der Waals surface area contributed by atoms with E-state index in [1.54, 1.807) is 16.0 Å². The third-order valence-corrected chi connectivity index (χ3v) is 3.82. The standard InChI is InChI=1S/C16H15N3S/c1-12-3-6-14(7-4-12)15-11-20-16(18-15)8-5-13-9-17-19(2)10-13/h3-11H,1-2H3/b8-5+. The van der Waals surface area contributed by atoms with Crippen LogP contribution in [0.3, 0.4) is 0 Å². The lowest BCUT2D eigenvalue weighted by Gasteiger charge is -1.96. The van der Waals surface area contributed by atoms with E-state index in [1.807, 2.05) is 31.6 Å². The van der Waals surface area contributed by atoms with Crippen molar-refractivity contribution in [2.75, 3.05) is 0 Å². The molecule has 2 aromatic heterocycles. The quantitative estimate of drug-likeness (QED) is 0.726. The Morgan fingerprint density at radius 1 is 1.15 bits per heavy atom. The summed E-state index contributed by atoms with van der Waals surface area (Å²) in [6.45, 7) is 2.09. The molecule has 0 aliphatic carbocycles. The first kappa shape index (κ1) is 12.8. The number of aromatic nitrogens is 3. The van der Waals surface area contributed by atoms with Gasteiger partial charge in [-0.05, 0) is 19.1 Å². The number of aryl methyl sites for hydroxylation is 2. The van der Waals surface area contributed by atoms with E-state index in [0.717, 1.165) is 21.8 Å². The van der Waals surface area contributed by atoms with Crippen LogP contribution in [0.15, 0.2) is 42.0 Å². The zero-order valence-electron chi connectivity index (χ0n) is 11.4. The van der Waals surface area contributed by atoms with E-state index >= 15 is 0 Å². The van der Waals surface area contributed by atoms with Crippen LogP contribution in [0, 0.1) is 6.92 Å². The van der Waals surface area contributed by atoms with E-state index in [4.69, 9.17) is 0 Å². The summed E-state index contributed by atoms with van der Waals surface area (Å²) in [6, 6.07) is 8.44. The Morgan fingerprint density at radius 3 is 2.65 bits per heavy atom. The molecule has 4 heteroatoms. The highest BCUT2D eigenvalue weighted by atomic mass is 32.1. The third kappa shape index (κ3) is 2.86. The maximum atomic E-state index is 4.64. The second kappa shape index (κ2) is 5.43. The van der Waals surface area contributed by atoms with E-state index in [0.29, 0.717) is 0 Å². The normalized spacial score (nSPS) is 11.3. The predicted molar refractivity (Wildman–Crippen MR) is 84.4 cm³/mol. The van der Waals surface area contributed by atoms with Gasteiger partial charge in [-0.25, -0.2) is 4.98 Å². The molecule has 3 nitrogen and oxygen atoms in total. The Bertz CT molecular complexity index is 735. The van der Waals surface area contributed by atoms with Crippen LogP contribution < -0.4 is 0 Å². The maximum absolute atomic E-state index is 4.64. The minimum Gasteiger partial charge on any atom is -0.275 e. The molecule has 0 saturated heterocycles. The molecule has 0 atom stereocenters. The van der Waals surface area contributed by atoms with Crippen molar-refractivity contribution in [3.8, 4) is 11.3 Å². The van der Waals surface area contributed by atoms with Crippen molar-refractivity contribution in [1.29, 1.82) is 0 Å². The van der Waals surface area contributed by atoms with Crippen LogP contribution in [0.25, 0.3) is 23.4 Å². The first-order valence-electron chi connectivity index (χ1n) is 6.40. The van der Waals surface area contributed by atoms with Gasteiger partial charge in [0.25, 0.3) is 0 Å². The average molecular weight is 281 g/mol. The molecule has 0 spiro atoms. The number of hydrogen-bond acceptors (Lipinski definition) is 3. The number of hydrogen-bond donors (Lipinski definition) is 0. The fourth-order valence-electron chi connectivity index (χ4n) is 1.91. The summed E-state index contributed by atoms with van der Waals surface area (Å²) in [6.07, 6.45) is 7.88. The molecule has 20 heavy (non-hydrogen) atoms. The van der Waals surface area contributed by atoms with Crippen LogP contribution in [-0.4, -0.2) is 14.8 Å². The van der Waals surface area contributed by atoms with Gasteiger partial charge in [-0.1, -0.05) is 29.8 Å². The summed E-state index contributed by atoms with van der Waals surface area (Å²) in [5.41, 5.74) is 4.54. The summed E-state index contributed by atoms with van der Waals surface area (Å²) in [5.74, 6) is 0. The van der Waals surface area contributed by atoms with Crippen molar-refractivity contribution in [2.24, 2.45) is 7.05 Å². The molecule has 3 aromatic rings. The molecule has 0 aliphatic heterocycles. The molecule has 100 valence electrons. The van der Waals surface area contributed by atoms with Gasteiger partial charge in [0.2, 0.25) is 0 Å². The lowest BCUT2D eigenvalue weighted by molar-refractivity contribution is 0.767. The molecule has 0 fully saturated rings. The van der Waals surface area contributed by atoms with E-state index < -0.39 is 0 Å². The van der Waals surface area contributed by atoms with Crippen LogP contribution in [0.1, 0.15) is 16.1 Å². The third-order valence-electron chi connectivity index (χ3n) is 3.01. The second-order valence-corrected chi connectivity index (χ2v) is 5.61. The van der Waals surface area contributed by atoms with E-state index in [2.05, 4.69) is 46.7 Å². The van der Waals surface area contributed by atoms with Crippen LogP contribution in [0.2, 0.25) is 0 Å². The Kier molecular flexibility index (Phi) is 3.48. The van der Waals surface area contributed by atoms with Crippen molar-refractivity contribution >= 4 is 23.5 Å². The molecule has 0 aliphatic rings. The SMILES string of the molecule is Cc1ccc(-c2csc(/C=C/c3cnn(C)c3)n2)cc1. The molecule has 0 saturated carbocycles. The topological polar surface area (TPSA) is 30.7 Å². The molecule has 0 radical (unpaired) electrons. The van der Waals surface area contributed by atoms with Gasteiger partial charge in [-0.3, -0.25) is 4.68 Å². The zero-order chi connectivity index (χ0) is 13.9. The van der Waals surface area contributed by atoms with Gasteiger partial charge in [0, 0.05) is 29.8 Å². The second-order valence-electron chi connectivity index (χ2n) is 4.72. The molecular weight excluding hydrogens is 266 g/mol. The highest BCUT2D eigenvalue weighted by molar-refractivity contribution is 7.10. The van der Waals surface area contributed by atoms with Crippen molar-refractivity contribution < 1.29 is 0 Å². The molecule has 0 amide bonds. The molecule has 1 aromatic carbocycles. The smallest absolute Gasteiger partial charge is 0.116 e. The van der Waals surface area contributed by atoms with E-state index in [1.165, 1.54) is 5.56 Å². The zero-order valence-corrected chi connectivity index (χ0v) is 12.3. The highest BCUT2D eigenvalue weighted by Gasteiger charge is 2.02. The average Bonchev–Trinajstić information content (AvgIpc) is 3.06. The van der Waals surface area contributed by atoms with Gasteiger partial charge in [-0.15, -0.1) is 11.3 Å². The predicted octanol–water partition coefficient (Wildman–Crippen LogP) is 4.02. The van der Waals surface area contributed by atoms with Gasteiger partial charge in [0.15, 0.2) is 0 Å². The molecular formula is C16H15N3S. The first-order valence-corrected chi connectivity index (χ1v) is 7.28. The minimum atomic E-state index is 1.00. The number of nitrogens with zero attached hydrogens (tertiary/aromatic N) is 3. The molecule has 0 N–H and O–H groups in total. The Balaban J connectivity index is 1.80. The highest BCUT2D eigenvalue weighted by Crippen LogP contribution is 2.23. The van der Waals surface area contributed by atoms with Crippen molar-refractivity contribution in [3.63, 3.8) is 0 Å². The lowest BCUT2D eigenvalue weighted by Crippen LogP contribution is -1.83. The first-order chi connectivity index (χ1) is 9.70. The number of rotatable bonds is 3. The molecule has 3 rings (SSSR count). The Hall–Kier alpha value is -2.20. The molecule has 2 heterocycles. The minimum absolute atomic E-state index is 1.00. The van der Waals surface area contributed by atoms with Gasteiger partial charge in [0.05, 0.1) is 11.9 Å².